The average Bonchev–Trinajstić information content (AvgIpc) is 2.41. The van der Waals surface area contributed by atoms with Gasteiger partial charge < -0.3 is 16.4 Å². The first-order valence-electron chi connectivity index (χ1n) is 6.06. The van der Waals surface area contributed by atoms with Crippen molar-refractivity contribution in [1.82, 2.24) is 10.6 Å². The highest BCUT2D eigenvalue weighted by Crippen LogP contribution is 2.06. The van der Waals surface area contributed by atoms with Crippen LogP contribution in [0, 0.1) is 11.8 Å². The predicted molar refractivity (Wildman–Crippen MR) is 72.9 cm³/mol. The Bertz CT molecular complexity index is 446. The number of benzene rings is 1. The van der Waals surface area contributed by atoms with Crippen molar-refractivity contribution in [3.8, 4) is 11.8 Å². The van der Waals surface area contributed by atoms with E-state index in [9.17, 15) is 4.79 Å². The van der Waals surface area contributed by atoms with Gasteiger partial charge in [0.05, 0.1) is 6.54 Å². The fourth-order valence-electron chi connectivity index (χ4n) is 1.42. The molecular weight excluding hydrogens is 226 g/mol. The zero-order valence-corrected chi connectivity index (χ0v) is 10.6. The largest absolute Gasteiger partial charge is 0.338 e. The lowest BCUT2D eigenvalue weighted by Gasteiger charge is -2.08. The van der Waals surface area contributed by atoms with Crippen LogP contribution < -0.4 is 16.4 Å². The van der Waals surface area contributed by atoms with Crippen LogP contribution in [0.4, 0.5) is 4.79 Å². The zero-order valence-electron chi connectivity index (χ0n) is 10.6. The second-order valence-corrected chi connectivity index (χ2v) is 3.77. The van der Waals surface area contributed by atoms with Crippen LogP contribution >= 0.6 is 0 Å². The summed E-state index contributed by atoms with van der Waals surface area (Å²) < 4.78 is 0. The summed E-state index contributed by atoms with van der Waals surface area (Å²) in [6.45, 7) is 3.49. The Morgan fingerprint density at radius 1 is 1.33 bits per heavy atom. The van der Waals surface area contributed by atoms with E-state index in [0.29, 0.717) is 19.6 Å². The van der Waals surface area contributed by atoms with Gasteiger partial charge >= 0.3 is 6.03 Å². The Balaban J connectivity index is 2.58. The second kappa shape index (κ2) is 8.15. The minimum absolute atomic E-state index is 0.154. The molecule has 2 amide bonds. The minimum atomic E-state index is -0.154. The quantitative estimate of drug-likeness (QED) is 0.698. The Hall–Kier alpha value is -1.99. The van der Waals surface area contributed by atoms with Crippen LogP contribution in [0.3, 0.4) is 0 Å². The molecule has 0 saturated heterocycles. The molecule has 0 saturated carbocycles. The molecule has 0 heterocycles. The standard InChI is InChI=1S/C14H19N3O/c1-2-10-16-14(18)17-11-13-7-4-3-6-12(13)8-5-9-15/h3-4,6-7H,2,9-11,15H2,1H3,(H2,16,17,18). The van der Waals surface area contributed by atoms with Crippen molar-refractivity contribution in [2.75, 3.05) is 13.1 Å². The summed E-state index contributed by atoms with van der Waals surface area (Å²) in [5.41, 5.74) is 7.24. The summed E-state index contributed by atoms with van der Waals surface area (Å²) >= 11 is 0. The molecule has 0 radical (unpaired) electrons. The maximum absolute atomic E-state index is 11.4. The van der Waals surface area contributed by atoms with Crippen molar-refractivity contribution < 1.29 is 4.79 Å². The van der Waals surface area contributed by atoms with Gasteiger partial charge in [0.2, 0.25) is 0 Å². The molecule has 0 aliphatic heterocycles. The van der Waals surface area contributed by atoms with Gasteiger partial charge in [-0.05, 0) is 18.1 Å². The number of carbonyl (C=O) groups excluding carboxylic acids is 1. The van der Waals surface area contributed by atoms with Gasteiger partial charge in [-0.1, -0.05) is 37.0 Å². The molecule has 1 rings (SSSR count). The van der Waals surface area contributed by atoms with Crippen LogP contribution in [0.25, 0.3) is 0 Å². The molecule has 1 aromatic carbocycles. The van der Waals surface area contributed by atoms with E-state index in [1.807, 2.05) is 31.2 Å². The molecule has 0 fully saturated rings. The van der Waals surface area contributed by atoms with Crippen LogP contribution in [0.2, 0.25) is 0 Å². The van der Waals surface area contributed by atoms with Crippen molar-refractivity contribution in [2.45, 2.75) is 19.9 Å². The molecular formula is C14H19N3O. The number of urea groups is 1. The van der Waals surface area contributed by atoms with Crippen LogP contribution in [-0.2, 0) is 6.54 Å². The van der Waals surface area contributed by atoms with Crippen molar-refractivity contribution >= 4 is 6.03 Å². The van der Waals surface area contributed by atoms with Crippen LogP contribution in [0.1, 0.15) is 24.5 Å². The van der Waals surface area contributed by atoms with Crippen molar-refractivity contribution in [1.29, 1.82) is 0 Å². The smallest absolute Gasteiger partial charge is 0.315 e. The van der Waals surface area contributed by atoms with E-state index in [0.717, 1.165) is 17.5 Å². The number of rotatable bonds is 4. The molecule has 4 N–H and O–H groups in total. The SMILES string of the molecule is CCCNC(=O)NCc1ccccc1C#CCN. The molecule has 0 atom stereocenters. The molecule has 4 nitrogen and oxygen atoms in total. The van der Waals surface area contributed by atoms with Gasteiger partial charge in [-0.25, -0.2) is 4.79 Å². The number of hydrogen-bond donors (Lipinski definition) is 3. The number of nitrogens with one attached hydrogen (secondary N) is 2. The van der Waals surface area contributed by atoms with E-state index in [4.69, 9.17) is 5.73 Å². The van der Waals surface area contributed by atoms with E-state index >= 15 is 0 Å². The first-order chi connectivity index (χ1) is 8.77. The second-order valence-electron chi connectivity index (χ2n) is 3.77. The average molecular weight is 245 g/mol. The topological polar surface area (TPSA) is 67.2 Å². The maximum atomic E-state index is 11.4. The highest BCUT2D eigenvalue weighted by Gasteiger charge is 2.02. The highest BCUT2D eigenvalue weighted by molar-refractivity contribution is 5.73. The van der Waals surface area contributed by atoms with Gasteiger partial charge in [0.1, 0.15) is 0 Å². The first kappa shape index (κ1) is 14.1. The summed E-state index contributed by atoms with van der Waals surface area (Å²) in [4.78, 5) is 11.4. The molecule has 0 bridgehead atoms. The lowest BCUT2D eigenvalue weighted by atomic mass is 10.1. The van der Waals surface area contributed by atoms with E-state index in [1.54, 1.807) is 0 Å². The molecule has 0 aliphatic rings. The van der Waals surface area contributed by atoms with Crippen LogP contribution in [0.5, 0.6) is 0 Å². The van der Waals surface area contributed by atoms with Gasteiger partial charge in [-0.2, -0.15) is 0 Å². The van der Waals surface area contributed by atoms with Gasteiger partial charge in [0.25, 0.3) is 0 Å². The van der Waals surface area contributed by atoms with Crippen molar-refractivity contribution in [3.63, 3.8) is 0 Å². The third-order valence-electron chi connectivity index (χ3n) is 2.32. The summed E-state index contributed by atoms with van der Waals surface area (Å²) in [7, 11) is 0. The number of amides is 2. The molecule has 0 unspecified atom stereocenters. The summed E-state index contributed by atoms with van der Waals surface area (Å²) in [6.07, 6.45) is 0.923. The Morgan fingerprint density at radius 2 is 2.11 bits per heavy atom. The fraction of sp³-hybridized carbons (Fsp3) is 0.357. The Labute approximate surface area is 108 Å². The van der Waals surface area contributed by atoms with Gasteiger partial charge in [-0.3, -0.25) is 0 Å². The molecule has 18 heavy (non-hydrogen) atoms. The minimum Gasteiger partial charge on any atom is -0.338 e. The van der Waals surface area contributed by atoms with Crippen molar-refractivity contribution in [2.24, 2.45) is 5.73 Å². The molecule has 0 aliphatic carbocycles. The van der Waals surface area contributed by atoms with Gasteiger partial charge in [-0.15, -0.1) is 0 Å². The zero-order chi connectivity index (χ0) is 13.2. The summed E-state index contributed by atoms with van der Waals surface area (Å²) in [6, 6.07) is 7.55. The van der Waals surface area contributed by atoms with E-state index in [-0.39, 0.29) is 6.03 Å². The van der Waals surface area contributed by atoms with Gasteiger partial charge in [0, 0.05) is 18.7 Å². The van der Waals surface area contributed by atoms with E-state index < -0.39 is 0 Å². The predicted octanol–water partition coefficient (Wildman–Crippen LogP) is 1.21. The number of hydrogen-bond acceptors (Lipinski definition) is 2. The Kier molecular flexibility index (Phi) is 6.37. The molecule has 0 spiro atoms. The third kappa shape index (κ3) is 4.89. The Morgan fingerprint density at radius 3 is 2.83 bits per heavy atom. The number of nitrogens with two attached hydrogens (primary N) is 1. The summed E-state index contributed by atoms with van der Waals surface area (Å²) in [5, 5.41) is 5.56. The summed E-state index contributed by atoms with van der Waals surface area (Å²) in [5.74, 6) is 5.81. The highest BCUT2D eigenvalue weighted by atomic mass is 16.2. The molecule has 0 aromatic heterocycles. The van der Waals surface area contributed by atoms with E-state index in [2.05, 4.69) is 22.5 Å². The number of carbonyl (C=O) groups is 1. The third-order valence-corrected chi connectivity index (χ3v) is 2.32. The normalized spacial score (nSPS) is 9.22. The monoisotopic (exact) mass is 245 g/mol. The fourth-order valence-corrected chi connectivity index (χ4v) is 1.42. The van der Waals surface area contributed by atoms with Crippen molar-refractivity contribution in [3.05, 3.63) is 35.4 Å². The van der Waals surface area contributed by atoms with Crippen LogP contribution in [0.15, 0.2) is 24.3 Å². The molecule has 96 valence electrons. The lowest BCUT2D eigenvalue weighted by Crippen LogP contribution is -2.35. The lowest BCUT2D eigenvalue weighted by molar-refractivity contribution is 0.240. The van der Waals surface area contributed by atoms with Gasteiger partial charge in [0.15, 0.2) is 0 Å². The maximum Gasteiger partial charge on any atom is 0.315 e. The molecule has 1 aromatic rings. The van der Waals surface area contributed by atoms with Crippen LogP contribution in [-0.4, -0.2) is 19.1 Å². The molecule has 4 heteroatoms. The first-order valence-corrected chi connectivity index (χ1v) is 6.06. The van der Waals surface area contributed by atoms with E-state index in [1.165, 1.54) is 0 Å².